The molecule has 0 bridgehead atoms. The van der Waals surface area contributed by atoms with Crippen LogP contribution in [0.3, 0.4) is 0 Å². The van der Waals surface area contributed by atoms with E-state index >= 15 is 0 Å². The van der Waals surface area contributed by atoms with Gasteiger partial charge in [0.25, 0.3) is 5.91 Å². The molecule has 1 saturated carbocycles. The van der Waals surface area contributed by atoms with E-state index in [9.17, 15) is 4.79 Å². The lowest BCUT2D eigenvalue weighted by Gasteiger charge is -2.34. The van der Waals surface area contributed by atoms with E-state index in [1.165, 1.54) is 31.2 Å². The highest BCUT2D eigenvalue weighted by atomic mass is 16.1. The minimum atomic E-state index is -0.0452. The Hall–Kier alpha value is -2.47. The Balaban J connectivity index is 1.27. The lowest BCUT2D eigenvalue weighted by atomic mass is 10.1. The van der Waals surface area contributed by atoms with Crippen molar-refractivity contribution in [3.8, 4) is 0 Å². The standard InChI is InChI=1S/C23H31N5O/c29-22(26-21-10-6-1-2-7-11-21)20-16-24-23(25-17-20)28-14-12-27(13-15-28)18-19-8-4-3-5-9-19/h3-5,8-9,16-17,21H,1-2,6-7,10-15,18H2,(H,26,29). The number of benzene rings is 1. The minimum absolute atomic E-state index is 0.0452. The molecule has 2 aliphatic rings. The second-order valence-corrected chi connectivity index (χ2v) is 8.18. The predicted octanol–water partition coefficient (Wildman–Crippen LogP) is 3.25. The number of piperazine rings is 1. The zero-order chi connectivity index (χ0) is 19.9. The molecule has 1 aliphatic carbocycles. The summed E-state index contributed by atoms with van der Waals surface area (Å²) in [6.45, 7) is 4.76. The lowest BCUT2D eigenvalue weighted by molar-refractivity contribution is 0.0932. The smallest absolute Gasteiger partial charge is 0.254 e. The van der Waals surface area contributed by atoms with E-state index in [0.29, 0.717) is 11.6 Å². The summed E-state index contributed by atoms with van der Waals surface area (Å²) in [5, 5.41) is 3.16. The maximum atomic E-state index is 12.5. The molecule has 1 aromatic heterocycles. The third-order valence-electron chi connectivity index (χ3n) is 5.99. The molecule has 4 rings (SSSR count). The molecule has 1 aliphatic heterocycles. The van der Waals surface area contributed by atoms with Crippen LogP contribution in [0.5, 0.6) is 0 Å². The van der Waals surface area contributed by atoms with Crippen LogP contribution in [0.4, 0.5) is 5.95 Å². The van der Waals surface area contributed by atoms with E-state index in [4.69, 9.17) is 0 Å². The van der Waals surface area contributed by atoms with Crippen LogP contribution in [-0.2, 0) is 6.54 Å². The van der Waals surface area contributed by atoms with E-state index in [-0.39, 0.29) is 5.91 Å². The highest BCUT2D eigenvalue weighted by Gasteiger charge is 2.20. The van der Waals surface area contributed by atoms with Gasteiger partial charge in [-0.3, -0.25) is 9.69 Å². The van der Waals surface area contributed by atoms with E-state index in [1.807, 2.05) is 0 Å². The Kier molecular flexibility index (Phi) is 6.72. The first-order valence-electron chi connectivity index (χ1n) is 10.9. The van der Waals surface area contributed by atoms with Gasteiger partial charge in [-0.15, -0.1) is 0 Å². The number of hydrogen-bond acceptors (Lipinski definition) is 5. The van der Waals surface area contributed by atoms with E-state index < -0.39 is 0 Å². The molecule has 1 amide bonds. The Labute approximate surface area is 173 Å². The molecule has 2 heterocycles. The average Bonchev–Trinajstić information content (AvgIpc) is 3.04. The molecule has 1 saturated heterocycles. The van der Waals surface area contributed by atoms with E-state index in [0.717, 1.165) is 51.5 Å². The molecule has 1 N–H and O–H groups in total. The molecule has 6 nitrogen and oxygen atoms in total. The molecule has 0 unspecified atom stereocenters. The maximum absolute atomic E-state index is 12.5. The Morgan fingerprint density at radius 1 is 0.931 bits per heavy atom. The molecule has 0 spiro atoms. The SMILES string of the molecule is O=C(NC1CCCCCC1)c1cnc(N2CCN(Cc3ccccc3)CC2)nc1. The monoisotopic (exact) mass is 393 g/mol. The molecule has 1 aromatic carbocycles. The Morgan fingerprint density at radius 3 is 2.24 bits per heavy atom. The lowest BCUT2D eigenvalue weighted by Crippen LogP contribution is -2.46. The van der Waals surface area contributed by atoms with Crippen molar-refractivity contribution in [2.45, 2.75) is 51.1 Å². The number of rotatable bonds is 5. The summed E-state index contributed by atoms with van der Waals surface area (Å²) < 4.78 is 0. The second-order valence-electron chi connectivity index (χ2n) is 8.18. The Morgan fingerprint density at radius 2 is 1.59 bits per heavy atom. The normalized spacial score (nSPS) is 19.0. The first kappa shape index (κ1) is 19.8. The molecule has 154 valence electrons. The number of nitrogens with one attached hydrogen (secondary N) is 1. The largest absolute Gasteiger partial charge is 0.349 e. The van der Waals surface area contributed by atoms with Crippen LogP contribution in [0.2, 0.25) is 0 Å². The number of carbonyl (C=O) groups excluding carboxylic acids is 1. The third-order valence-corrected chi connectivity index (χ3v) is 5.99. The van der Waals surface area contributed by atoms with Crippen molar-refractivity contribution in [2.24, 2.45) is 0 Å². The summed E-state index contributed by atoms with van der Waals surface area (Å²) in [7, 11) is 0. The number of anilines is 1. The van der Waals surface area contributed by atoms with Gasteiger partial charge in [-0.2, -0.15) is 0 Å². The fourth-order valence-electron chi connectivity index (χ4n) is 4.24. The van der Waals surface area contributed by atoms with Crippen LogP contribution < -0.4 is 10.2 Å². The van der Waals surface area contributed by atoms with Gasteiger partial charge in [-0.25, -0.2) is 9.97 Å². The first-order valence-corrected chi connectivity index (χ1v) is 10.9. The van der Waals surface area contributed by atoms with Gasteiger partial charge in [-0.05, 0) is 18.4 Å². The van der Waals surface area contributed by atoms with E-state index in [2.05, 4.69) is 55.4 Å². The van der Waals surface area contributed by atoms with Crippen molar-refractivity contribution >= 4 is 11.9 Å². The van der Waals surface area contributed by atoms with Gasteiger partial charge >= 0.3 is 0 Å². The average molecular weight is 394 g/mol. The Bertz CT molecular complexity index is 764. The quantitative estimate of drug-likeness (QED) is 0.790. The summed E-state index contributed by atoms with van der Waals surface area (Å²) in [6.07, 6.45) is 10.5. The van der Waals surface area contributed by atoms with Crippen molar-refractivity contribution in [3.63, 3.8) is 0 Å². The number of amides is 1. The minimum Gasteiger partial charge on any atom is -0.349 e. The molecule has 2 aromatic rings. The molecule has 0 radical (unpaired) electrons. The summed E-state index contributed by atoms with van der Waals surface area (Å²) in [4.78, 5) is 26.1. The molecule has 6 heteroatoms. The second kappa shape index (κ2) is 9.83. The highest BCUT2D eigenvalue weighted by Crippen LogP contribution is 2.18. The fraction of sp³-hybridized carbons (Fsp3) is 0.522. The van der Waals surface area contributed by atoms with Gasteiger partial charge in [0.1, 0.15) is 0 Å². The first-order chi connectivity index (χ1) is 14.3. The van der Waals surface area contributed by atoms with Crippen LogP contribution in [0.15, 0.2) is 42.7 Å². The van der Waals surface area contributed by atoms with Gasteiger partial charge in [0.05, 0.1) is 5.56 Å². The summed E-state index contributed by atoms with van der Waals surface area (Å²) in [5.41, 5.74) is 1.90. The topological polar surface area (TPSA) is 61.4 Å². The van der Waals surface area contributed by atoms with Gasteiger partial charge < -0.3 is 10.2 Å². The fourth-order valence-corrected chi connectivity index (χ4v) is 4.24. The number of aromatic nitrogens is 2. The van der Waals surface area contributed by atoms with Crippen molar-refractivity contribution in [1.82, 2.24) is 20.2 Å². The van der Waals surface area contributed by atoms with Crippen LogP contribution in [0.25, 0.3) is 0 Å². The van der Waals surface area contributed by atoms with Gasteiger partial charge in [0.2, 0.25) is 5.95 Å². The zero-order valence-corrected chi connectivity index (χ0v) is 17.1. The van der Waals surface area contributed by atoms with E-state index in [1.54, 1.807) is 12.4 Å². The van der Waals surface area contributed by atoms with Crippen LogP contribution in [0.1, 0.15) is 54.4 Å². The van der Waals surface area contributed by atoms with Crippen molar-refractivity contribution in [2.75, 3.05) is 31.1 Å². The molecular formula is C23H31N5O. The maximum Gasteiger partial charge on any atom is 0.254 e. The van der Waals surface area contributed by atoms with Gasteiger partial charge in [0.15, 0.2) is 0 Å². The molecule has 29 heavy (non-hydrogen) atoms. The summed E-state index contributed by atoms with van der Waals surface area (Å²) >= 11 is 0. The number of nitrogens with zero attached hydrogens (tertiary/aromatic N) is 4. The van der Waals surface area contributed by atoms with Crippen LogP contribution in [-0.4, -0.2) is 53.0 Å². The van der Waals surface area contributed by atoms with Gasteiger partial charge in [0, 0.05) is 51.2 Å². The van der Waals surface area contributed by atoms with Gasteiger partial charge in [-0.1, -0.05) is 56.0 Å². The zero-order valence-electron chi connectivity index (χ0n) is 17.1. The summed E-state index contributed by atoms with van der Waals surface area (Å²) in [5.74, 6) is 0.673. The number of carbonyl (C=O) groups is 1. The molecule has 2 fully saturated rings. The van der Waals surface area contributed by atoms with Crippen molar-refractivity contribution in [1.29, 1.82) is 0 Å². The van der Waals surface area contributed by atoms with Crippen LogP contribution in [0, 0.1) is 0 Å². The molecule has 0 atom stereocenters. The number of hydrogen-bond donors (Lipinski definition) is 1. The molecular weight excluding hydrogens is 362 g/mol. The van der Waals surface area contributed by atoms with Crippen molar-refractivity contribution in [3.05, 3.63) is 53.9 Å². The predicted molar refractivity (Wildman–Crippen MR) is 115 cm³/mol. The highest BCUT2D eigenvalue weighted by molar-refractivity contribution is 5.93. The summed E-state index contributed by atoms with van der Waals surface area (Å²) in [6, 6.07) is 10.9. The third kappa shape index (κ3) is 5.54. The van der Waals surface area contributed by atoms with Crippen LogP contribution >= 0.6 is 0 Å². The van der Waals surface area contributed by atoms with Crippen molar-refractivity contribution < 1.29 is 4.79 Å².